The van der Waals surface area contributed by atoms with Crippen LogP contribution in [0.1, 0.15) is 46.5 Å². The van der Waals surface area contributed by atoms with Gasteiger partial charge in [0.2, 0.25) is 0 Å². The fourth-order valence-corrected chi connectivity index (χ4v) is 3.87. The lowest BCUT2D eigenvalue weighted by Gasteiger charge is -2.41. The number of guanidine groups is 1. The molecule has 7 heteroatoms. The molecule has 27 heavy (non-hydrogen) atoms. The van der Waals surface area contributed by atoms with Gasteiger partial charge in [0.1, 0.15) is 0 Å². The van der Waals surface area contributed by atoms with Gasteiger partial charge in [0.05, 0.1) is 12.7 Å². The molecular weight excluding hydrogens is 455 g/mol. The van der Waals surface area contributed by atoms with Crippen LogP contribution in [-0.2, 0) is 9.47 Å². The van der Waals surface area contributed by atoms with Crippen LogP contribution in [0.25, 0.3) is 0 Å². The molecule has 2 N–H and O–H groups in total. The third kappa shape index (κ3) is 8.83. The average molecular weight is 496 g/mol. The minimum Gasteiger partial charge on any atom is -0.385 e. The fraction of sp³-hybridized carbons (Fsp3) is 0.950. The zero-order valence-corrected chi connectivity index (χ0v) is 20.1. The number of methoxy groups -OCH3 is 1. The summed E-state index contributed by atoms with van der Waals surface area (Å²) >= 11 is 0. The van der Waals surface area contributed by atoms with E-state index < -0.39 is 0 Å². The van der Waals surface area contributed by atoms with Crippen LogP contribution >= 0.6 is 24.0 Å². The van der Waals surface area contributed by atoms with Gasteiger partial charge in [-0.15, -0.1) is 24.0 Å². The molecule has 1 unspecified atom stereocenters. The first-order valence-corrected chi connectivity index (χ1v) is 10.4. The molecule has 1 aliphatic carbocycles. The van der Waals surface area contributed by atoms with Gasteiger partial charge in [0.15, 0.2) is 5.96 Å². The largest absolute Gasteiger partial charge is 0.385 e. The summed E-state index contributed by atoms with van der Waals surface area (Å²) in [6.07, 6.45) is 5.22. The van der Waals surface area contributed by atoms with Gasteiger partial charge in [-0.2, -0.15) is 0 Å². The Morgan fingerprint density at radius 3 is 2.70 bits per heavy atom. The molecule has 0 amide bonds. The van der Waals surface area contributed by atoms with Crippen LogP contribution < -0.4 is 10.6 Å². The van der Waals surface area contributed by atoms with Gasteiger partial charge in [-0.3, -0.25) is 9.89 Å². The van der Waals surface area contributed by atoms with E-state index in [2.05, 4.69) is 36.3 Å². The van der Waals surface area contributed by atoms with Crippen molar-refractivity contribution in [2.75, 3.05) is 59.6 Å². The summed E-state index contributed by atoms with van der Waals surface area (Å²) in [5, 5.41) is 6.88. The summed E-state index contributed by atoms with van der Waals surface area (Å²) in [7, 11) is 1.79. The molecule has 1 aliphatic heterocycles. The average Bonchev–Trinajstić information content (AvgIpc) is 2.58. The van der Waals surface area contributed by atoms with Crippen LogP contribution in [0.4, 0.5) is 0 Å². The number of morpholine rings is 1. The molecule has 6 nitrogen and oxygen atoms in total. The molecule has 0 radical (unpaired) electrons. The second-order valence-electron chi connectivity index (χ2n) is 8.32. The van der Waals surface area contributed by atoms with E-state index in [1.807, 2.05) is 0 Å². The molecule has 0 aromatic rings. The maximum atomic E-state index is 5.95. The van der Waals surface area contributed by atoms with E-state index in [0.717, 1.165) is 64.9 Å². The topological polar surface area (TPSA) is 58.1 Å². The standard InChI is InChI=1S/C20H40N4O2.HI/c1-5-21-19(23-16-20(7-6-8-20)9-11-25-4)22-13-18-15-24(10-12-26-18)14-17(2)3;/h17-18H,5-16H2,1-4H3,(H2,21,22,23);1H. The van der Waals surface area contributed by atoms with Crippen molar-refractivity contribution in [1.82, 2.24) is 15.5 Å². The molecule has 0 aromatic heterocycles. The maximum absolute atomic E-state index is 5.95. The molecule has 2 aliphatic rings. The lowest BCUT2D eigenvalue weighted by Crippen LogP contribution is -2.50. The van der Waals surface area contributed by atoms with Crippen molar-refractivity contribution >= 4 is 29.9 Å². The number of aliphatic imine (C=N–C) groups is 1. The number of halogens is 1. The highest BCUT2D eigenvalue weighted by atomic mass is 127. The Kier molecular flexibility index (Phi) is 12.2. The first-order valence-electron chi connectivity index (χ1n) is 10.4. The van der Waals surface area contributed by atoms with Gasteiger partial charge in [-0.1, -0.05) is 20.3 Å². The zero-order valence-electron chi connectivity index (χ0n) is 17.8. The summed E-state index contributed by atoms with van der Waals surface area (Å²) in [6.45, 7) is 14.1. The lowest BCUT2D eigenvalue weighted by molar-refractivity contribution is -0.0284. The summed E-state index contributed by atoms with van der Waals surface area (Å²) < 4.78 is 11.2. The van der Waals surface area contributed by atoms with Gasteiger partial charge < -0.3 is 20.1 Å². The first kappa shape index (κ1) is 24.9. The Hall–Kier alpha value is -0.120. The number of nitrogens with one attached hydrogen (secondary N) is 2. The predicted octanol–water partition coefficient (Wildman–Crippen LogP) is 2.72. The van der Waals surface area contributed by atoms with Gasteiger partial charge in [0, 0.05) is 53.0 Å². The summed E-state index contributed by atoms with van der Waals surface area (Å²) in [5.41, 5.74) is 0.355. The summed E-state index contributed by atoms with van der Waals surface area (Å²) in [6, 6.07) is 0. The summed E-state index contributed by atoms with van der Waals surface area (Å²) in [4.78, 5) is 7.39. The molecule has 1 saturated carbocycles. The van der Waals surface area contributed by atoms with E-state index >= 15 is 0 Å². The third-order valence-corrected chi connectivity index (χ3v) is 5.51. The Labute approximate surface area is 183 Å². The Morgan fingerprint density at radius 1 is 1.33 bits per heavy atom. The van der Waals surface area contributed by atoms with Crippen molar-refractivity contribution in [3.05, 3.63) is 0 Å². The molecule has 0 spiro atoms. The van der Waals surface area contributed by atoms with E-state index in [-0.39, 0.29) is 30.1 Å². The number of rotatable bonds is 10. The van der Waals surface area contributed by atoms with Crippen molar-refractivity contribution in [2.45, 2.75) is 52.6 Å². The molecule has 1 heterocycles. The van der Waals surface area contributed by atoms with Crippen LogP contribution in [0.15, 0.2) is 4.99 Å². The van der Waals surface area contributed by atoms with Crippen molar-refractivity contribution < 1.29 is 9.47 Å². The highest BCUT2D eigenvalue weighted by Gasteiger charge is 2.36. The quantitative estimate of drug-likeness (QED) is 0.277. The maximum Gasteiger partial charge on any atom is 0.191 e. The van der Waals surface area contributed by atoms with Crippen LogP contribution in [-0.4, -0.2) is 76.6 Å². The summed E-state index contributed by atoms with van der Waals surface area (Å²) in [5.74, 6) is 1.62. The van der Waals surface area contributed by atoms with Gasteiger partial charge in [-0.05, 0) is 37.5 Å². The molecule has 2 fully saturated rings. The van der Waals surface area contributed by atoms with E-state index in [9.17, 15) is 0 Å². The third-order valence-electron chi connectivity index (χ3n) is 5.51. The second kappa shape index (κ2) is 13.2. The van der Waals surface area contributed by atoms with Crippen LogP contribution in [0.2, 0.25) is 0 Å². The second-order valence-corrected chi connectivity index (χ2v) is 8.32. The number of nitrogens with zero attached hydrogens (tertiary/aromatic N) is 2. The molecule has 160 valence electrons. The predicted molar refractivity (Wildman–Crippen MR) is 123 cm³/mol. The molecule has 1 atom stereocenters. The fourth-order valence-electron chi connectivity index (χ4n) is 3.87. The SMILES string of the molecule is CCNC(=NCC1(CCOC)CCC1)NCC1CN(CC(C)C)CCO1.I. The van der Waals surface area contributed by atoms with Gasteiger partial charge in [-0.25, -0.2) is 0 Å². The molecule has 2 rings (SSSR count). The van der Waals surface area contributed by atoms with Crippen LogP contribution in [0, 0.1) is 11.3 Å². The molecule has 0 bridgehead atoms. The van der Waals surface area contributed by atoms with E-state index in [0.29, 0.717) is 11.3 Å². The minimum atomic E-state index is 0. The first-order chi connectivity index (χ1) is 12.6. The number of hydrogen-bond acceptors (Lipinski definition) is 4. The zero-order chi connectivity index (χ0) is 18.8. The molecule has 0 aromatic carbocycles. The lowest BCUT2D eigenvalue weighted by atomic mass is 9.67. The molecule has 1 saturated heterocycles. The highest BCUT2D eigenvalue weighted by molar-refractivity contribution is 14.0. The molecular formula is C20H41IN4O2. The van der Waals surface area contributed by atoms with E-state index in [1.54, 1.807) is 7.11 Å². The number of hydrogen-bond donors (Lipinski definition) is 2. The van der Waals surface area contributed by atoms with Crippen molar-refractivity contribution in [1.29, 1.82) is 0 Å². The Bertz CT molecular complexity index is 430. The minimum absolute atomic E-state index is 0. The Balaban J connectivity index is 0.00000364. The monoisotopic (exact) mass is 496 g/mol. The Morgan fingerprint density at radius 2 is 2.11 bits per heavy atom. The van der Waals surface area contributed by atoms with Crippen LogP contribution in [0.5, 0.6) is 0 Å². The number of ether oxygens (including phenoxy) is 2. The van der Waals surface area contributed by atoms with E-state index in [1.165, 1.54) is 19.3 Å². The normalized spacial score (nSPS) is 22.9. The van der Waals surface area contributed by atoms with Crippen molar-refractivity contribution in [3.8, 4) is 0 Å². The highest BCUT2D eigenvalue weighted by Crippen LogP contribution is 2.44. The van der Waals surface area contributed by atoms with Crippen LogP contribution in [0.3, 0.4) is 0 Å². The van der Waals surface area contributed by atoms with Crippen molar-refractivity contribution in [2.24, 2.45) is 16.3 Å². The smallest absolute Gasteiger partial charge is 0.191 e. The van der Waals surface area contributed by atoms with Gasteiger partial charge in [0.25, 0.3) is 0 Å². The van der Waals surface area contributed by atoms with E-state index in [4.69, 9.17) is 14.5 Å². The van der Waals surface area contributed by atoms with Crippen molar-refractivity contribution in [3.63, 3.8) is 0 Å². The van der Waals surface area contributed by atoms with Gasteiger partial charge >= 0.3 is 0 Å².